The molecule has 0 atom stereocenters. The highest BCUT2D eigenvalue weighted by atomic mass is 127. The van der Waals surface area contributed by atoms with Gasteiger partial charge >= 0.3 is 26.7 Å². The van der Waals surface area contributed by atoms with Gasteiger partial charge in [0.05, 0.1) is 0 Å². The minimum Gasteiger partial charge on any atom is -0.741 e. The maximum atomic E-state index is 10.9. The molecule has 0 radical (unpaired) electrons. The van der Waals surface area contributed by atoms with Crippen LogP contribution in [0.3, 0.4) is 0 Å². The molecule has 0 aliphatic carbocycles. The molecule has 25 heavy (non-hydrogen) atoms. The quantitative estimate of drug-likeness (QED) is 0.370. The lowest BCUT2D eigenvalue weighted by Gasteiger charge is -2.08. The average molecular weight is 487 g/mol. The van der Waals surface area contributed by atoms with Gasteiger partial charge in [-0.15, -0.1) is 0 Å². The molecule has 0 heterocycles. The summed E-state index contributed by atoms with van der Waals surface area (Å²) < 4.78 is 61.7. The van der Waals surface area contributed by atoms with E-state index in [-0.39, 0.29) is 27.1 Å². The van der Waals surface area contributed by atoms with Crippen LogP contribution in [0.1, 0.15) is 6.92 Å². The van der Waals surface area contributed by atoms with Gasteiger partial charge in [0, 0.05) is 12.6 Å². The molecule has 0 aliphatic rings. The van der Waals surface area contributed by atoms with Gasteiger partial charge in [0.1, 0.15) is 0 Å². The molecule has 0 aliphatic heterocycles. The topological polar surface area (TPSA) is 86.3 Å². The number of amides is 1. The summed E-state index contributed by atoms with van der Waals surface area (Å²) in [4.78, 5) is 10.9. The third-order valence-corrected chi connectivity index (χ3v) is 5.65. The minimum absolute atomic E-state index is 0.0319. The molecule has 0 unspecified atom stereocenters. The van der Waals surface area contributed by atoms with E-state index in [1.54, 1.807) is 0 Å². The molecule has 0 saturated heterocycles. The monoisotopic (exact) mass is 487 g/mol. The van der Waals surface area contributed by atoms with Crippen LogP contribution in [0, 0.1) is 7.14 Å². The van der Waals surface area contributed by atoms with Crippen LogP contribution >= 0.6 is 0 Å². The third kappa shape index (κ3) is 8.31. The highest BCUT2D eigenvalue weighted by molar-refractivity contribution is 7.86. The number of hydrogen-bond donors (Lipinski definition) is 1. The lowest BCUT2D eigenvalue weighted by molar-refractivity contribution is -0.597. The van der Waals surface area contributed by atoms with Crippen molar-refractivity contribution in [1.82, 2.24) is 0 Å². The summed E-state index contributed by atoms with van der Waals surface area (Å²) in [6.45, 7) is 1.52. The molecular weight excluding hydrogens is 474 g/mol. The zero-order chi connectivity index (χ0) is 19.1. The van der Waals surface area contributed by atoms with Crippen molar-refractivity contribution in [3.8, 4) is 0 Å². The molecule has 2 aromatic carbocycles. The number of nitrogens with one attached hydrogen (secondary N) is 1. The second kappa shape index (κ2) is 9.15. The number of benzene rings is 2. The normalized spacial score (nSPS) is 11.2. The van der Waals surface area contributed by atoms with Gasteiger partial charge < -0.3 is 9.87 Å². The van der Waals surface area contributed by atoms with E-state index >= 15 is 0 Å². The zero-order valence-electron chi connectivity index (χ0n) is 12.7. The van der Waals surface area contributed by atoms with Crippen molar-refractivity contribution in [3.63, 3.8) is 0 Å². The van der Waals surface area contributed by atoms with Crippen LogP contribution in [0.15, 0.2) is 54.6 Å². The van der Waals surface area contributed by atoms with Crippen molar-refractivity contribution < 1.29 is 52.1 Å². The smallest absolute Gasteiger partial charge is 0.485 e. The Morgan fingerprint density at radius 2 is 1.44 bits per heavy atom. The van der Waals surface area contributed by atoms with Gasteiger partial charge in [-0.3, -0.25) is 4.79 Å². The molecule has 2 rings (SSSR count). The predicted molar refractivity (Wildman–Crippen MR) is 80.3 cm³/mol. The van der Waals surface area contributed by atoms with E-state index in [1.165, 1.54) is 14.1 Å². The first-order chi connectivity index (χ1) is 11.5. The SMILES string of the molecule is CC(=O)Nc1ccc([I+]c2ccccc2)cc1.O=S(=O)([O-])C(F)(F)F. The summed E-state index contributed by atoms with van der Waals surface area (Å²) in [7, 11) is -6.09. The molecule has 1 N–H and O–H groups in total. The second-order valence-corrected chi connectivity index (χ2v) is 8.88. The summed E-state index contributed by atoms with van der Waals surface area (Å²) >= 11 is -0.118. The lowest BCUT2D eigenvalue weighted by Crippen LogP contribution is -3.61. The van der Waals surface area contributed by atoms with Crippen LogP contribution in [0.2, 0.25) is 0 Å². The largest absolute Gasteiger partial charge is 0.741 e. The first-order valence-electron chi connectivity index (χ1n) is 6.59. The van der Waals surface area contributed by atoms with Gasteiger partial charge in [-0.05, 0) is 36.4 Å². The van der Waals surface area contributed by atoms with E-state index in [1.807, 2.05) is 18.2 Å². The molecule has 0 spiro atoms. The highest BCUT2D eigenvalue weighted by Gasteiger charge is 2.36. The summed E-state index contributed by atoms with van der Waals surface area (Å²) in [5, 5.41) is 2.77. The van der Waals surface area contributed by atoms with Crippen LogP contribution in [-0.4, -0.2) is 24.4 Å². The third-order valence-electron chi connectivity index (χ3n) is 2.40. The van der Waals surface area contributed by atoms with Crippen molar-refractivity contribution in [2.45, 2.75) is 12.4 Å². The second-order valence-electron chi connectivity index (χ2n) is 4.48. The van der Waals surface area contributed by atoms with Crippen LogP contribution in [0.4, 0.5) is 18.9 Å². The summed E-state index contributed by atoms with van der Waals surface area (Å²) in [6.07, 6.45) is 0. The molecule has 5 nitrogen and oxygen atoms in total. The fourth-order valence-electron chi connectivity index (χ4n) is 1.40. The lowest BCUT2D eigenvalue weighted by atomic mass is 10.3. The van der Waals surface area contributed by atoms with Gasteiger partial charge in [0.25, 0.3) is 0 Å². The molecule has 1 amide bonds. The number of hydrogen-bond acceptors (Lipinski definition) is 4. The molecule has 136 valence electrons. The number of carbonyl (C=O) groups is 1. The van der Waals surface area contributed by atoms with Crippen LogP contribution < -0.4 is 26.5 Å². The molecule has 0 saturated carbocycles. The Labute approximate surface area is 153 Å². The maximum absolute atomic E-state index is 10.9. The number of carbonyl (C=O) groups excluding carboxylic acids is 1. The zero-order valence-corrected chi connectivity index (χ0v) is 15.7. The Bertz CT molecular complexity index is 794. The van der Waals surface area contributed by atoms with E-state index in [2.05, 4.69) is 41.7 Å². The highest BCUT2D eigenvalue weighted by Crippen LogP contribution is 2.20. The van der Waals surface area contributed by atoms with E-state index in [9.17, 15) is 18.0 Å². The van der Waals surface area contributed by atoms with Gasteiger partial charge in [-0.1, -0.05) is 18.2 Å². The van der Waals surface area contributed by atoms with Gasteiger partial charge in [0.15, 0.2) is 17.3 Å². The number of halogens is 4. The molecule has 0 aromatic heterocycles. The van der Waals surface area contributed by atoms with Crippen molar-refractivity contribution in [2.24, 2.45) is 0 Å². The fraction of sp³-hybridized carbons (Fsp3) is 0.133. The van der Waals surface area contributed by atoms with Crippen molar-refractivity contribution in [1.29, 1.82) is 0 Å². The van der Waals surface area contributed by atoms with Crippen LogP contribution in [-0.2, 0) is 14.9 Å². The number of rotatable bonds is 3. The first-order valence-corrected chi connectivity index (χ1v) is 10.2. The Morgan fingerprint density at radius 3 is 1.84 bits per heavy atom. The maximum Gasteiger partial charge on any atom is 0.485 e. The summed E-state index contributed by atoms with van der Waals surface area (Å²) in [5.41, 5.74) is -4.79. The Kier molecular flexibility index (Phi) is 7.83. The van der Waals surface area contributed by atoms with Gasteiger partial charge in [0.2, 0.25) is 5.91 Å². The molecule has 2 aromatic rings. The standard InChI is InChI=1S/C14H12INO.CHF3O3S/c1-11(17)16-14-9-7-13(8-10-14)15-12-5-3-2-4-6-12;2-1(3,4)8(5,6)7/h2-10H,1H3;(H,5,6,7). The van der Waals surface area contributed by atoms with Crippen LogP contribution in [0.5, 0.6) is 0 Å². The van der Waals surface area contributed by atoms with Crippen LogP contribution in [0.25, 0.3) is 0 Å². The fourth-order valence-corrected chi connectivity index (χ4v) is 3.62. The van der Waals surface area contributed by atoms with Crippen molar-refractivity contribution >= 4 is 21.7 Å². The summed E-state index contributed by atoms with van der Waals surface area (Å²) in [6, 6.07) is 18.6. The summed E-state index contributed by atoms with van der Waals surface area (Å²) in [5.74, 6) is -0.0319. The average Bonchev–Trinajstić information content (AvgIpc) is 2.48. The minimum atomic E-state index is -6.09. The molecule has 10 heteroatoms. The Hall–Kier alpha value is -1.66. The molecule has 0 fully saturated rings. The Morgan fingerprint density at radius 1 is 1.00 bits per heavy atom. The van der Waals surface area contributed by atoms with E-state index in [0.29, 0.717) is 0 Å². The van der Waals surface area contributed by atoms with E-state index in [4.69, 9.17) is 13.0 Å². The number of alkyl halides is 3. The molecule has 0 bridgehead atoms. The van der Waals surface area contributed by atoms with Crippen molar-refractivity contribution in [2.75, 3.05) is 5.32 Å². The Balaban J connectivity index is 0.000000333. The van der Waals surface area contributed by atoms with Crippen molar-refractivity contribution in [3.05, 3.63) is 61.7 Å². The van der Waals surface area contributed by atoms with E-state index < -0.39 is 15.6 Å². The van der Waals surface area contributed by atoms with Gasteiger partial charge in [-0.2, -0.15) is 13.2 Å². The predicted octanol–water partition coefficient (Wildman–Crippen LogP) is -0.175. The van der Waals surface area contributed by atoms with E-state index in [0.717, 1.165) is 5.69 Å². The first kappa shape index (κ1) is 21.4. The molecular formula is C15H13F3INO4S. The number of anilines is 1. The van der Waals surface area contributed by atoms with Gasteiger partial charge in [-0.25, -0.2) is 8.42 Å².